The number of rotatable bonds is 6. The Morgan fingerprint density at radius 1 is 1.00 bits per heavy atom. The van der Waals surface area contributed by atoms with Crippen LogP contribution in [0.15, 0.2) is 91.1 Å². The third kappa shape index (κ3) is 5.33. The fourth-order valence-corrected chi connectivity index (χ4v) is 4.03. The molecule has 0 spiro atoms. The summed E-state index contributed by atoms with van der Waals surface area (Å²) in [6, 6.07) is 24.6. The summed E-state index contributed by atoms with van der Waals surface area (Å²) in [6.07, 6.45) is 4.73. The number of carbonyl (C=O) groups excluding carboxylic acids is 3. The number of para-hydroxylation sites is 3. The number of aryl methyl sites for hydroxylation is 1. The molecule has 1 aromatic heterocycles. The van der Waals surface area contributed by atoms with E-state index in [0.717, 1.165) is 22.4 Å². The second-order valence-corrected chi connectivity index (χ2v) is 8.57. The molecule has 8 heteroatoms. The van der Waals surface area contributed by atoms with Gasteiger partial charge in [0.25, 0.3) is 5.91 Å². The van der Waals surface area contributed by atoms with E-state index in [2.05, 4.69) is 5.32 Å². The minimum absolute atomic E-state index is 0.137. The number of esters is 1. The summed E-state index contributed by atoms with van der Waals surface area (Å²) in [5.41, 5.74) is 5.45. The lowest BCUT2D eigenvalue weighted by Gasteiger charge is -2.28. The van der Waals surface area contributed by atoms with Crippen LogP contribution in [0.5, 0.6) is 0 Å². The maximum absolute atomic E-state index is 12.7. The number of anilines is 2. The molecule has 1 aliphatic heterocycles. The van der Waals surface area contributed by atoms with Gasteiger partial charge in [0.1, 0.15) is 6.54 Å². The maximum atomic E-state index is 12.7. The number of fused-ring (bicyclic) bond motifs is 1. The highest BCUT2D eigenvalue weighted by molar-refractivity contribution is 6.10. The lowest BCUT2D eigenvalue weighted by atomic mass is 10.1. The van der Waals surface area contributed by atoms with E-state index in [9.17, 15) is 14.4 Å². The van der Waals surface area contributed by atoms with Gasteiger partial charge in [-0.1, -0.05) is 60.2 Å². The molecule has 4 aromatic rings. The fourth-order valence-electron chi connectivity index (χ4n) is 4.03. The molecule has 2 heterocycles. The van der Waals surface area contributed by atoms with Gasteiger partial charge in [-0.25, -0.2) is 9.48 Å². The van der Waals surface area contributed by atoms with Crippen LogP contribution in [0.4, 0.5) is 11.4 Å². The van der Waals surface area contributed by atoms with Gasteiger partial charge < -0.3 is 10.1 Å². The van der Waals surface area contributed by atoms with Crippen LogP contribution in [0, 0.1) is 6.92 Å². The van der Waals surface area contributed by atoms with Crippen molar-refractivity contribution >= 4 is 35.2 Å². The molecule has 8 nitrogen and oxygen atoms in total. The highest BCUT2D eigenvalue weighted by Gasteiger charge is 2.27. The Kier molecular flexibility index (Phi) is 6.63. The van der Waals surface area contributed by atoms with Gasteiger partial charge >= 0.3 is 5.97 Å². The molecule has 0 aliphatic carbocycles. The number of benzene rings is 3. The Labute approximate surface area is 213 Å². The van der Waals surface area contributed by atoms with Gasteiger partial charge in [-0.15, -0.1) is 0 Å². The highest BCUT2D eigenvalue weighted by Crippen LogP contribution is 2.29. The van der Waals surface area contributed by atoms with Crippen LogP contribution in [-0.4, -0.2) is 40.7 Å². The van der Waals surface area contributed by atoms with Crippen LogP contribution >= 0.6 is 0 Å². The Balaban J connectivity index is 1.32. The van der Waals surface area contributed by atoms with Gasteiger partial charge in [0.05, 0.1) is 22.8 Å². The number of hydrogen-bond acceptors (Lipinski definition) is 5. The summed E-state index contributed by atoms with van der Waals surface area (Å²) in [4.78, 5) is 38.5. The van der Waals surface area contributed by atoms with E-state index in [1.807, 2.05) is 67.7 Å². The molecular formula is C29H24N4O4. The minimum atomic E-state index is -0.676. The van der Waals surface area contributed by atoms with Crippen LogP contribution in [0.3, 0.4) is 0 Å². The molecule has 5 rings (SSSR count). The number of carbonyl (C=O) groups is 3. The third-order valence-electron chi connectivity index (χ3n) is 5.90. The van der Waals surface area contributed by atoms with Crippen LogP contribution in [0.2, 0.25) is 0 Å². The number of ether oxygens (including phenoxy) is 1. The summed E-state index contributed by atoms with van der Waals surface area (Å²) in [5.74, 6) is -1.47. The number of amides is 2. The number of nitrogens with zero attached hydrogens (tertiary/aromatic N) is 3. The molecule has 0 saturated carbocycles. The first-order chi connectivity index (χ1) is 18.0. The lowest BCUT2D eigenvalue weighted by molar-refractivity contribution is -0.143. The van der Waals surface area contributed by atoms with E-state index in [4.69, 9.17) is 9.84 Å². The van der Waals surface area contributed by atoms with Crippen molar-refractivity contribution in [3.05, 3.63) is 102 Å². The molecule has 0 unspecified atom stereocenters. The first-order valence-electron chi connectivity index (χ1n) is 11.7. The zero-order chi connectivity index (χ0) is 25.8. The average molecular weight is 493 g/mol. The van der Waals surface area contributed by atoms with Crippen LogP contribution in [-0.2, 0) is 19.1 Å². The molecular weight excluding hydrogens is 468 g/mol. The van der Waals surface area contributed by atoms with E-state index in [1.165, 1.54) is 11.0 Å². The van der Waals surface area contributed by atoms with E-state index in [0.29, 0.717) is 17.1 Å². The van der Waals surface area contributed by atoms with E-state index < -0.39 is 18.5 Å². The van der Waals surface area contributed by atoms with Crippen molar-refractivity contribution in [3.63, 3.8) is 0 Å². The lowest BCUT2D eigenvalue weighted by Crippen LogP contribution is -2.43. The van der Waals surface area contributed by atoms with Gasteiger partial charge in [0.15, 0.2) is 6.61 Å². The minimum Gasteiger partial charge on any atom is -0.452 e. The predicted molar refractivity (Wildman–Crippen MR) is 141 cm³/mol. The molecule has 3 aromatic carbocycles. The summed E-state index contributed by atoms with van der Waals surface area (Å²) in [7, 11) is 0. The van der Waals surface area contributed by atoms with Crippen LogP contribution < -0.4 is 10.2 Å². The van der Waals surface area contributed by atoms with Gasteiger partial charge in [-0.2, -0.15) is 5.10 Å². The molecule has 1 aliphatic rings. The zero-order valence-corrected chi connectivity index (χ0v) is 20.1. The molecule has 1 N–H and O–H groups in total. The molecule has 0 fully saturated rings. The normalized spacial score (nSPS) is 12.8. The summed E-state index contributed by atoms with van der Waals surface area (Å²) >= 11 is 0. The van der Waals surface area contributed by atoms with Crippen molar-refractivity contribution in [2.75, 3.05) is 23.4 Å². The Bertz CT molecular complexity index is 1490. The SMILES string of the molecule is Cc1ccc(-c2nn(-c3ccccc3)cc2C=CC(=O)OCC(=O)N2CC(=O)Nc3ccccc32)cc1. The number of aromatic nitrogens is 2. The summed E-state index contributed by atoms with van der Waals surface area (Å²) in [6.45, 7) is 1.39. The van der Waals surface area contributed by atoms with Crippen LogP contribution in [0.1, 0.15) is 11.1 Å². The molecule has 0 radical (unpaired) electrons. The molecule has 184 valence electrons. The zero-order valence-electron chi connectivity index (χ0n) is 20.1. The van der Waals surface area contributed by atoms with Crippen molar-refractivity contribution in [2.45, 2.75) is 6.92 Å². The molecule has 0 atom stereocenters. The van der Waals surface area contributed by atoms with Crippen molar-refractivity contribution in [3.8, 4) is 16.9 Å². The molecule has 0 bridgehead atoms. The molecule has 0 saturated heterocycles. The smallest absolute Gasteiger partial charge is 0.331 e. The average Bonchev–Trinajstić information content (AvgIpc) is 3.35. The van der Waals surface area contributed by atoms with Gasteiger partial charge in [-0.05, 0) is 37.3 Å². The largest absolute Gasteiger partial charge is 0.452 e. The quantitative estimate of drug-likeness (QED) is 0.318. The second-order valence-electron chi connectivity index (χ2n) is 8.57. The monoisotopic (exact) mass is 492 g/mol. The van der Waals surface area contributed by atoms with Gasteiger partial charge in [0.2, 0.25) is 5.91 Å². The van der Waals surface area contributed by atoms with E-state index in [-0.39, 0.29) is 12.5 Å². The Morgan fingerprint density at radius 3 is 2.51 bits per heavy atom. The van der Waals surface area contributed by atoms with E-state index in [1.54, 1.807) is 35.0 Å². The number of nitrogens with one attached hydrogen (secondary N) is 1. The third-order valence-corrected chi connectivity index (χ3v) is 5.90. The van der Waals surface area contributed by atoms with Gasteiger partial charge in [-0.3, -0.25) is 14.5 Å². The highest BCUT2D eigenvalue weighted by atomic mass is 16.5. The van der Waals surface area contributed by atoms with Crippen molar-refractivity contribution in [1.29, 1.82) is 0 Å². The molecule has 2 amide bonds. The summed E-state index contributed by atoms with van der Waals surface area (Å²) < 4.78 is 6.96. The molecule has 37 heavy (non-hydrogen) atoms. The maximum Gasteiger partial charge on any atom is 0.331 e. The predicted octanol–water partition coefficient (Wildman–Crippen LogP) is 4.39. The van der Waals surface area contributed by atoms with E-state index >= 15 is 0 Å². The number of hydrogen-bond donors (Lipinski definition) is 1. The topological polar surface area (TPSA) is 93.5 Å². The van der Waals surface area contributed by atoms with Gasteiger partial charge in [0, 0.05) is 23.4 Å². The Morgan fingerprint density at radius 2 is 1.73 bits per heavy atom. The van der Waals surface area contributed by atoms with Crippen molar-refractivity contribution < 1.29 is 19.1 Å². The first kappa shape index (κ1) is 23.7. The second kappa shape index (κ2) is 10.3. The fraction of sp³-hybridized carbons (Fsp3) is 0.103. The first-order valence-corrected chi connectivity index (χ1v) is 11.7. The van der Waals surface area contributed by atoms with Crippen molar-refractivity contribution in [1.82, 2.24) is 9.78 Å². The van der Waals surface area contributed by atoms with Crippen LogP contribution in [0.25, 0.3) is 23.0 Å². The summed E-state index contributed by atoms with van der Waals surface area (Å²) in [5, 5.41) is 7.46. The van der Waals surface area contributed by atoms with Crippen molar-refractivity contribution in [2.24, 2.45) is 0 Å². The Hall–Kier alpha value is -4.98. The standard InChI is InChI=1S/C29H24N4O4/c1-20-11-13-21(14-12-20)29-22(17-33(31-29)23-7-3-2-4-8-23)15-16-28(36)37-19-27(35)32-18-26(34)30-24-9-5-6-10-25(24)32/h2-17H,18-19H2,1H3,(H,30,34).